The van der Waals surface area contributed by atoms with Crippen molar-refractivity contribution in [1.82, 2.24) is 4.90 Å². The van der Waals surface area contributed by atoms with E-state index in [-0.39, 0.29) is 5.76 Å². The van der Waals surface area contributed by atoms with Gasteiger partial charge in [0.05, 0.1) is 6.26 Å². The molecule has 0 bridgehead atoms. The van der Waals surface area contributed by atoms with Crippen molar-refractivity contribution in [3.05, 3.63) is 24.2 Å². The van der Waals surface area contributed by atoms with E-state index in [1.165, 1.54) is 18.4 Å². The Bertz CT molecular complexity index is 381. The Labute approximate surface area is 85.1 Å². The summed E-state index contributed by atoms with van der Waals surface area (Å²) >= 11 is 0. The largest absolute Gasteiger partial charge is 0.480 e. The highest BCUT2D eigenvalue weighted by Gasteiger charge is 2.23. The predicted octanol–water partition coefficient (Wildman–Crippen LogP) is 0.353. The number of hydrogen-bond acceptors (Lipinski definition) is 4. The lowest BCUT2D eigenvalue weighted by Gasteiger charge is -2.14. The van der Waals surface area contributed by atoms with E-state index in [1.807, 2.05) is 0 Å². The van der Waals surface area contributed by atoms with Gasteiger partial charge in [0.25, 0.3) is 5.91 Å². The molecule has 0 aliphatic carbocycles. The number of aliphatic carboxylic acids is 1. The van der Waals surface area contributed by atoms with Gasteiger partial charge in [-0.2, -0.15) is 0 Å². The molecule has 0 aromatic carbocycles. The highest BCUT2D eigenvalue weighted by atomic mass is 16.4. The van der Waals surface area contributed by atoms with Crippen molar-refractivity contribution >= 4 is 17.8 Å². The molecule has 6 nitrogen and oxygen atoms in total. The molecule has 2 amide bonds. The second-order valence-electron chi connectivity index (χ2n) is 2.78. The van der Waals surface area contributed by atoms with Crippen LogP contribution in [0.4, 0.5) is 0 Å². The molecule has 6 heteroatoms. The van der Waals surface area contributed by atoms with Crippen LogP contribution in [-0.4, -0.2) is 34.3 Å². The SMILES string of the molecule is CC(=O)N(CC(=O)O)C(=O)c1ccco1. The van der Waals surface area contributed by atoms with E-state index in [0.717, 1.165) is 6.92 Å². The standard InChI is InChI=1S/C9H9NO5/c1-6(11)10(5-8(12)13)9(14)7-3-2-4-15-7/h2-4H,5H2,1H3,(H,12,13). The smallest absolute Gasteiger partial charge is 0.323 e. The van der Waals surface area contributed by atoms with Crippen molar-refractivity contribution in [3.8, 4) is 0 Å². The van der Waals surface area contributed by atoms with E-state index in [4.69, 9.17) is 9.52 Å². The van der Waals surface area contributed by atoms with Crippen molar-refractivity contribution in [3.63, 3.8) is 0 Å². The predicted molar refractivity (Wildman–Crippen MR) is 48.1 cm³/mol. The molecule has 0 aliphatic rings. The number of hydrogen-bond donors (Lipinski definition) is 1. The molecule has 1 aromatic heterocycles. The third-order valence-electron chi connectivity index (χ3n) is 1.65. The molecule has 1 heterocycles. The Balaban J connectivity index is 2.86. The van der Waals surface area contributed by atoms with Crippen LogP contribution < -0.4 is 0 Å². The van der Waals surface area contributed by atoms with E-state index in [2.05, 4.69) is 0 Å². The fourth-order valence-corrected chi connectivity index (χ4v) is 0.995. The monoisotopic (exact) mass is 211 g/mol. The second-order valence-corrected chi connectivity index (χ2v) is 2.78. The van der Waals surface area contributed by atoms with Crippen molar-refractivity contribution in [1.29, 1.82) is 0 Å². The van der Waals surface area contributed by atoms with Gasteiger partial charge >= 0.3 is 5.97 Å². The molecule has 0 unspecified atom stereocenters. The summed E-state index contributed by atoms with van der Waals surface area (Å²) in [5.41, 5.74) is 0. The number of amides is 2. The molecule has 15 heavy (non-hydrogen) atoms. The molecular formula is C9H9NO5. The summed E-state index contributed by atoms with van der Waals surface area (Å²) in [7, 11) is 0. The average Bonchev–Trinajstić information content (AvgIpc) is 2.65. The molecule has 0 saturated heterocycles. The zero-order chi connectivity index (χ0) is 11.4. The van der Waals surface area contributed by atoms with Crippen LogP contribution in [0.3, 0.4) is 0 Å². The quantitative estimate of drug-likeness (QED) is 0.779. The molecule has 1 aromatic rings. The van der Waals surface area contributed by atoms with Crippen molar-refractivity contribution in [2.45, 2.75) is 6.92 Å². The number of carbonyl (C=O) groups excluding carboxylic acids is 2. The molecule has 1 rings (SSSR count). The number of furan rings is 1. The maximum Gasteiger partial charge on any atom is 0.323 e. The summed E-state index contributed by atoms with van der Waals surface area (Å²) < 4.78 is 4.77. The Morgan fingerprint density at radius 2 is 2.13 bits per heavy atom. The first-order chi connectivity index (χ1) is 7.02. The van der Waals surface area contributed by atoms with Gasteiger partial charge in [-0.05, 0) is 12.1 Å². The van der Waals surface area contributed by atoms with Gasteiger partial charge in [-0.15, -0.1) is 0 Å². The molecular weight excluding hydrogens is 202 g/mol. The second kappa shape index (κ2) is 4.41. The van der Waals surface area contributed by atoms with E-state index >= 15 is 0 Å². The van der Waals surface area contributed by atoms with E-state index in [1.54, 1.807) is 0 Å². The van der Waals surface area contributed by atoms with Gasteiger partial charge in [-0.25, -0.2) is 0 Å². The fourth-order valence-electron chi connectivity index (χ4n) is 0.995. The van der Waals surface area contributed by atoms with Crippen molar-refractivity contribution in [2.75, 3.05) is 6.54 Å². The van der Waals surface area contributed by atoms with Crippen molar-refractivity contribution < 1.29 is 23.9 Å². The van der Waals surface area contributed by atoms with Crippen LogP contribution in [-0.2, 0) is 9.59 Å². The lowest BCUT2D eigenvalue weighted by molar-refractivity contribution is -0.142. The zero-order valence-corrected chi connectivity index (χ0v) is 7.97. The van der Waals surface area contributed by atoms with Crippen LogP contribution in [0.2, 0.25) is 0 Å². The Hall–Kier alpha value is -2.11. The summed E-state index contributed by atoms with van der Waals surface area (Å²) in [4.78, 5) is 33.6. The molecule has 0 radical (unpaired) electrons. The topological polar surface area (TPSA) is 87.8 Å². The van der Waals surface area contributed by atoms with Gasteiger partial charge in [-0.3, -0.25) is 19.3 Å². The first-order valence-electron chi connectivity index (χ1n) is 4.10. The third kappa shape index (κ3) is 2.67. The average molecular weight is 211 g/mol. The minimum Gasteiger partial charge on any atom is -0.480 e. The number of carbonyl (C=O) groups is 3. The molecule has 0 fully saturated rings. The minimum atomic E-state index is -1.26. The molecule has 1 N–H and O–H groups in total. The van der Waals surface area contributed by atoms with Crippen molar-refractivity contribution in [2.24, 2.45) is 0 Å². The third-order valence-corrected chi connectivity index (χ3v) is 1.65. The van der Waals surface area contributed by atoms with E-state index < -0.39 is 24.3 Å². The summed E-state index contributed by atoms with van der Waals surface area (Å²) in [6.07, 6.45) is 1.27. The number of imide groups is 1. The lowest BCUT2D eigenvalue weighted by Crippen LogP contribution is -2.38. The van der Waals surface area contributed by atoms with Crippen LogP contribution in [0.1, 0.15) is 17.5 Å². The highest BCUT2D eigenvalue weighted by Crippen LogP contribution is 2.05. The summed E-state index contributed by atoms with van der Waals surface area (Å²) in [5.74, 6) is -2.72. The van der Waals surface area contributed by atoms with Gasteiger partial charge < -0.3 is 9.52 Å². The van der Waals surface area contributed by atoms with Gasteiger partial charge in [0, 0.05) is 6.92 Å². The number of carboxylic acid groups (broad SMARTS) is 1. The maximum absolute atomic E-state index is 11.5. The summed E-state index contributed by atoms with van der Waals surface area (Å²) in [6, 6.07) is 2.84. The van der Waals surface area contributed by atoms with Crippen LogP contribution >= 0.6 is 0 Å². The lowest BCUT2D eigenvalue weighted by atomic mass is 10.3. The van der Waals surface area contributed by atoms with Crippen LogP contribution in [0, 0.1) is 0 Å². The molecule has 80 valence electrons. The zero-order valence-electron chi connectivity index (χ0n) is 7.97. The van der Waals surface area contributed by atoms with Gasteiger partial charge in [0.1, 0.15) is 6.54 Å². The van der Waals surface area contributed by atoms with Crippen LogP contribution in [0.5, 0.6) is 0 Å². The highest BCUT2D eigenvalue weighted by molar-refractivity contribution is 6.04. The number of rotatable bonds is 3. The Morgan fingerprint density at radius 1 is 1.47 bits per heavy atom. The first-order valence-corrected chi connectivity index (χ1v) is 4.10. The van der Waals surface area contributed by atoms with Gasteiger partial charge in [0.2, 0.25) is 5.91 Å². The molecule has 0 saturated carbocycles. The van der Waals surface area contributed by atoms with Gasteiger partial charge in [0.15, 0.2) is 5.76 Å². The minimum absolute atomic E-state index is 0.0635. The van der Waals surface area contributed by atoms with Gasteiger partial charge in [-0.1, -0.05) is 0 Å². The Morgan fingerprint density at radius 3 is 2.53 bits per heavy atom. The normalized spacial score (nSPS) is 9.67. The number of carboxylic acids is 1. The molecule has 0 aliphatic heterocycles. The first kappa shape index (κ1) is 11.0. The summed E-state index contributed by atoms with van der Waals surface area (Å²) in [5, 5.41) is 8.50. The van der Waals surface area contributed by atoms with E-state index in [0.29, 0.717) is 4.90 Å². The number of nitrogens with zero attached hydrogens (tertiary/aromatic N) is 1. The fraction of sp³-hybridized carbons (Fsp3) is 0.222. The molecule has 0 atom stereocenters. The Kier molecular flexibility index (Phi) is 3.22. The van der Waals surface area contributed by atoms with E-state index in [9.17, 15) is 14.4 Å². The van der Waals surface area contributed by atoms with Crippen LogP contribution in [0.25, 0.3) is 0 Å². The maximum atomic E-state index is 11.5. The molecule has 0 spiro atoms. The summed E-state index contributed by atoms with van der Waals surface area (Å²) in [6.45, 7) is 0.443. The van der Waals surface area contributed by atoms with Crippen LogP contribution in [0.15, 0.2) is 22.8 Å².